The van der Waals surface area contributed by atoms with Gasteiger partial charge in [-0.05, 0) is 93.7 Å². The Hall–Kier alpha value is -1.92. The second kappa shape index (κ2) is 11.8. The van der Waals surface area contributed by atoms with E-state index in [-0.39, 0.29) is 12.2 Å². The minimum atomic E-state index is -0.153. The van der Waals surface area contributed by atoms with E-state index in [9.17, 15) is 4.39 Å². The highest BCUT2D eigenvalue weighted by atomic mass is 35.5. The van der Waals surface area contributed by atoms with E-state index in [1.165, 1.54) is 37.1 Å². The van der Waals surface area contributed by atoms with Gasteiger partial charge in [0.1, 0.15) is 16.8 Å². The fourth-order valence-electron chi connectivity index (χ4n) is 4.34. The Morgan fingerprint density at radius 2 is 1.59 bits per heavy atom. The molecule has 0 unspecified atom stereocenters. The Balaban J connectivity index is 0.000000308. The Kier molecular flexibility index (Phi) is 9.11. The lowest BCUT2D eigenvalue weighted by atomic mass is 9.78. The number of aromatic nitrogens is 2. The highest BCUT2D eigenvalue weighted by Crippen LogP contribution is 2.42. The summed E-state index contributed by atoms with van der Waals surface area (Å²) in [5.41, 5.74) is 6.40. The van der Waals surface area contributed by atoms with Crippen molar-refractivity contribution in [1.82, 2.24) is 9.55 Å². The molecule has 0 atom stereocenters. The molecule has 0 radical (unpaired) electrons. The first-order chi connectivity index (χ1) is 15.5. The van der Waals surface area contributed by atoms with E-state index >= 15 is 0 Å². The lowest BCUT2D eigenvalue weighted by Crippen LogP contribution is -2.17. The summed E-state index contributed by atoms with van der Waals surface area (Å²) in [5.74, 6) is 3.58. The molecule has 0 saturated heterocycles. The molecule has 1 amide bonds. The maximum atomic E-state index is 13.1. The third-order valence-electron chi connectivity index (χ3n) is 6.62. The molecule has 1 aromatic carbocycles. The van der Waals surface area contributed by atoms with E-state index in [2.05, 4.69) is 10.3 Å². The van der Waals surface area contributed by atoms with Crippen LogP contribution in [0.2, 0.25) is 5.15 Å². The van der Waals surface area contributed by atoms with Crippen molar-refractivity contribution in [3.05, 3.63) is 52.3 Å². The highest BCUT2D eigenvalue weighted by molar-refractivity contribution is 6.30. The van der Waals surface area contributed by atoms with E-state index in [0.29, 0.717) is 24.4 Å². The van der Waals surface area contributed by atoms with Gasteiger partial charge in [-0.1, -0.05) is 23.7 Å². The smallest absolute Gasteiger partial charge is 0.204 e. The van der Waals surface area contributed by atoms with E-state index in [4.69, 9.17) is 26.5 Å². The number of primary amides is 1. The van der Waals surface area contributed by atoms with Gasteiger partial charge >= 0.3 is 0 Å². The van der Waals surface area contributed by atoms with Crippen molar-refractivity contribution in [3.63, 3.8) is 0 Å². The summed E-state index contributed by atoms with van der Waals surface area (Å²) in [7, 11) is 0. The van der Waals surface area contributed by atoms with Crippen LogP contribution in [-0.4, -0.2) is 27.7 Å². The molecule has 5 nitrogen and oxygen atoms in total. The third-order valence-corrected chi connectivity index (χ3v) is 7.10. The Labute approximate surface area is 195 Å². The maximum absolute atomic E-state index is 13.1. The fraction of sp³-hybridized carbons (Fsp3) is 0.600. The van der Waals surface area contributed by atoms with Gasteiger partial charge in [-0.2, -0.15) is 0 Å². The van der Waals surface area contributed by atoms with Gasteiger partial charge in [-0.3, -0.25) is 4.79 Å². The van der Waals surface area contributed by atoms with Gasteiger partial charge in [-0.15, -0.1) is 0 Å². The monoisotopic (exact) mass is 463 g/mol. The van der Waals surface area contributed by atoms with Gasteiger partial charge in [0.25, 0.3) is 0 Å². The molecule has 0 spiro atoms. The summed E-state index contributed by atoms with van der Waals surface area (Å²) in [4.78, 5) is 13.4. The third kappa shape index (κ3) is 7.04. The van der Waals surface area contributed by atoms with Crippen LogP contribution in [0.3, 0.4) is 0 Å². The second-order valence-corrected chi connectivity index (χ2v) is 9.62. The molecule has 3 fully saturated rings. The molecule has 32 heavy (non-hydrogen) atoms. The standard InChI is InChI=1S/C20H24ClFN2.C4H8O.CH3NO/c1-13-19(21)24(12-14-2-3-14)20(23-13)17-6-4-15(5-7-17)16-8-10-18(22)11-9-16;5-3-4-1-2-4;2-1-3/h8-11,14-15,17H,2-7,12H2,1H3;4-5H,1-3H2;1H,(H2,2,3). The van der Waals surface area contributed by atoms with Crippen LogP contribution < -0.4 is 5.73 Å². The van der Waals surface area contributed by atoms with Crippen LogP contribution in [0.5, 0.6) is 0 Å². The summed E-state index contributed by atoms with van der Waals surface area (Å²) < 4.78 is 15.4. The average molecular weight is 464 g/mol. The molecule has 3 saturated carbocycles. The molecule has 1 aromatic heterocycles. The van der Waals surface area contributed by atoms with Gasteiger partial charge in [0.05, 0.1) is 5.69 Å². The molecular formula is C25H35ClFN3O2. The Bertz CT molecular complexity index is 855. The van der Waals surface area contributed by atoms with Crippen molar-refractivity contribution >= 4 is 18.0 Å². The Morgan fingerprint density at radius 1 is 1.06 bits per heavy atom. The predicted octanol–water partition coefficient (Wildman–Crippen LogP) is 5.33. The Morgan fingerprint density at radius 3 is 2.06 bits per heavy atom. The summed E-state index contributed by atoms with van der Waals surface area (Å²) in [5, 5.41) is 9.04. The first-order valence-corrected chi connectivity index (χ1v) is 12.1. The number of benzene rings is 1. The number of hydrogen-bond donors (Lipinski definition) is 2. The zero-order valence-corrected chi connectivity index (χ0v) is 19.6. The molecule has 3 aliphatic rings. The minimum Gasteiger partial charge on any atom is -0.396 e. The molecule has 7 heteroatoms. The summed E-state index contributed by atoms with van der Waals surface area (Å²) in [6.07, 6.45) is 9.98. The summed E-state index contributed by atoms with van der Waals surface area (Å²) in [6, 6.07) is 7.03. The number of aliphatic hydroxyl groups is 1. The van der Waals surface area contributed by atoms with Crippen LogP contribution >= 0.6 is 11.6 Å². The van der Waals surface area contributed by atoms with Crippen LogP contribution in [0.4, 0.5) is 4.39 Å². The minimum absolute atomic E-state index is 0.153. The number of amides is 1. The number of hydrogen-bond acceptors (Lipinski definition) is 3. The van der Waals surface area contributed by atoms with Crippen molar-refractivity contribution in [2.45, 2.75) is 76.7 Å². The number of nitrogens with two attached hydrogens (primary N) is 1. The maximum Gasteiger partial charge on any atom is 0.204 e. The fourth-order valence-corrected chi connectivity index (χ4v) is 4.54. The molecule has 0 aliphatic heterocycles. The lowest BCUT2D eigenvalue weighted by Gasteiger charge is -2.29. The van der Waals surface area contributed by atoms with Crippen LogP contribution in [0.25, 0.3) is 0 Å². The van der Waals surface area contributed by atoms with Crippen molar-refractivity contribution in [2.24, 2.45) is 17.6 Å². The second-order valence-electron chi connectivity index (χ2n) is 9.26. The SMILES string of the molecule is Cc1nc(C2CCC(c3ccc(F)cc3)CC2)n(CC2CC2)c1Cl.NC=O.OCC1CC1. The number of nitrogens with zero attached hydrogens (tertiary/aromatic N) is 2. The number of aryl methyl sites for hydroxylation is 1. The number of rotatable bonds is 5. The average Bonchev–Trinajstić information content (AvgIpc) is 3.72. The van der Waals surface area contributed by atoms with E-state index < -0.39 is 0 Å². The molecule has 2 aromatic rings. The zero-order chi connectivity index (χ0) is 23.1. The number of aliphatic hydroxyl groups excluding tert-OH is 1. The van der Waals surface area contributed by atoms with Gasteiger partial charge in [0, 0.05) is 19.1 Å². The molecule has 0 bridgehead atoms. The summed E-state index contributed by atoms with van der Waals surface area (Å²) in [6.45, 7) is 3.46. The van der Waals surface area contributed by atoms with Crippen molar-refractivity contribution in [1.29, 1.82) is 0 Å². The van der Waals surface area contributed by atoms with Gasteiger partial charge in [0.2, 0.25) is 6.41 Å². The highest BCUT2D eigenvalue weighted by Gasteiger charge is 2.30. The first-order valence-electron chi connectivity index (χ1n) is 11.7. The van der Waals surface area contributed by atoms with Crippen LogP contribution in [0.15, 0.2) is 24.3 Å². The van der Waals surface area contributed by atoms with E-state index in [0.717, 1.165) is 49.0 Å². The van der Waals surface area contributed by atoms with E-state index in [1.54, 1.807) is 12.1 Å². The predicted molar refractivity (Wildman–Crippen MR) is 125 cm³/mol. The molecular weight excluding hydrogens is 429 g/mol. The number of imidazole rings is 1. The van der Waals surface area contributed by atoms with E-state index in [1.807, 2.05) is 19.1 Å². The van der Waals surface area contributed by atoms with Crippen LogP contribution in [-0.2, 0) is 11.3 Å². The molecule has 1 heterocycles. The van der Waals surface area contributed by atoms with Crippen molar-refractivity contribution in [2.75, 3.05) is 6.61 Å². The normalized spacial score (nSPS) is 22.2. The molecule has 5 rings (SSSR count). The molecule has 3 N–H and O–H groups in total. The molecule has 176 valence electrons. The first kappa shape index (κ1) is 24.7. The van der Waals surface area contributed by atoms with Crippen molar-refractivity contribution < 1.29 is 14.3 Å². The largest absolute Gasteiger partial charge is 0.396 e. The number of halogens is 2. The van der Waals surface area contributed by atoms with Crippen molar-refractivity contribution in [3.8, 4) is 0 Å². The number of carbonyl (C=O) groups is 1. The lowest BCUT2D eigenvalue weighted by molar-refractivity contribution is -0.106. The summed E-state index contributed by atoms with van der Waals surface area (Å²) >= 11 is 6.51. The van der Waals surface area contributed by atoms with Crippen LogP contribution in [0, 0.1) is 24.6 Å². The van der Waals surface area contributed by atoms with Crippen LogP contribution in [0.1, 0.15) is 80.3 Å². The molecule has 3 aliphatic carbocycles. The van der Waals surface area contributed by atoms with Gasteiger partial charge in [0.15, 0.2) is 0 Å². The zero-order valence-electron chi connectivity index (χ0n) is 18.9. The van der Waals surface area contributed by atoms with Gasteiger partial charge in [-0.25, -0.2) is 9.37 Å². The topological polar surface area (TPSA) is 81.1 Å². The van der Waals surface area contributed by atoms with Gasteiger partial charge < -0.3 is 15.4 Å². The number of carbonyl (C=O) groups excluding carboxylic acids is 1. The quantitative estimate of drug-likeness (QED) is 0.588.